The van der Waals surface area contributed by atoms with Crippen molar-refractivity contribution in [3.05, 3.63) is 33.8 Å². The number of carbonyl (C=O) groups is 2. The second kappa shape index (κ2) is 12.0. The molecule has 0 bridgehead atoms. The number of hydrogen-bond acceptors (Lipinski definition) is 6. The summed E-state index contributed by atoms with van der Waals surface area (Å²) >= 11 is 1.58. The summed E-state index contributed by atoms with van der Waals surface area (Å²) in [5.74, 6) is -1.17. The highest BCUT2D eigenvalue weighted by Gasteiger charge is 2.42. The summed E-state index contributed by atoms with van der Waals surface area (Å²) in [4.78, 5) is 30.5. The molecule has 0 fully saturated rings. The minimum absolute atomic E-state index is 0.0269. The van der Waals surface area contributed by atoms with Crippen LogP contribution in [0.25, 0.3) is 6.08 Å². The van der Waals surface area contributed by atoms with Crippen LogP contribution >= 0.6 is 11.3 Å². The molecular weight excluding hydrogens is 436 g/mol. The first-order chi connectivity index (χ1) is 15.4. The maximum atomic E-state index is 13.1. The summed E-state index contributed by atoms with van der Waals surface area (Å²) in [7, 11) is 0. The van der Waals surface area contributed by atoms with Crippen molar-refractivity contribution >= 4 is 29.1 Å². The van der Waals surface area contributed by atoms with Crippen LogP contribution in [0.4, 0.5) is 0 Å². The number of nitrogens with zero attached hydrogens (tertiary/aromatic N) is 1. The minimum Gasteiger partial charge on any atom is -0.392 e. The lowest BCUT2D eigenvalue weighted by Gasteiger charge is -2.34. The van der Waals surface area contributed by atoms with Crippen LogP contribution in [0.3, 0.4) is 0 Å². The summed E-state index contributed by atoms with van der Waals surface area (Å²) in [6.07, 6.45) is 7.29. The molecule has 0 aromatic carbocycles. The highest BCUT2D eigenvalue weighted by atomic mass is 32.1. The molecular formula is C26H40N2O4S. The topological polar surface area (TPSA) is 99.5 Å². The Hall–Kier alpha value is -1.83. The molecule has 0 aliphatic carbocycles. The smallest absolute Gasteiger partial charge is 0.223 e. The van der Waals surface area contributed by atoms with Gasteiger partial charge in [0.1, 0.15) is 5.78 Å². The van der Waals surface area contributed by atoms with Crippen LogP contribution in [0.5, 0.6) is 0 Å². The van der Waals surface area contributed by atoms with E-state index in [1.165, 1.54) is 0 Å². The highest BCUT2D eigenvalue weighted by molar-refractivity contribution is 7.09. The van der Waals surface area contributed by atoms with E-state index in [9.17, 15) is 19.8 Å². The van der Waals surface area contributed by atoms with Crippen molar-refractivity contribution in [3.63, 3.8) is 0 Å². The third-order valence-corrected chi connectivity index (χ3v) is 7.61. The maximum Gasteiger partial charge on any atom is 0.223 e. The Morgan fingerprint density at radius 2 is 1.94 bits per heavy atom. The van der Waals surface area contributed by atoms with E-state index in [2.05, 4.69) is 22.5 Å². The van der Waals surface area contributed by atoms with Crippen molar-refractivity contribution < 1.29 is 19.8 Å². The normalized spacial score (nSPS) is 31.8. The van der Waals surface area contributed by atoms with Crippen molar-refractivity contribution in [1.29, 1.82) is 0 Å². The quantitative estimate of drug-likeness (QED) is 0.548. The predicted molar refractivity (Wildman–Crippen MR) is 134 cm³/mol. The molecule has 1 aromatic rings. The molecule has 1 amide bonds. The minimum atomic E-state index is -1.15. The number of aliphatic hydroxyl groups excluding tert-OH is 2. The number of aliphatic hydroxyl groups is 2. The molecule has 6 nitrogen and oxygen atoms in total. The number of allylic oxidation sites excluding steroid dienone is 1. The third-order valence-electron chi connectivity index (χ3n) is 6.82. The number of aromatic nitrogens is 1. The van der Waals surface area contributed by atoms with Crippen LogP contribution in [0.1, 0.15) is 77.4 Å². The number of aryl methyl sites for hydroxylation is 1. The van der Waals surface area contributed by atoms with Gasteiger partial charge in [0.2, 0.25) is 5.91 Å². The number of Topliss-reactive ketones (excluding diaryl/α,β-unsaturated/α-hetero) is 1. The van der Waals surface area contributed by atoms with Gasteiger partial charge in [0.25, 0.3) is 0 Å². The van der Waals surface area contributed by atoms with E-state index in [0.29, 0.717) is 6.42 Å². The molecule has 0 saturated heterocycles. The molecule has 33 heavy (non-hydrogen) atoms. The third kappa shape index (κ3) is 7.59. The van der Waals surface area contributed by atoms with Gasteiger partial charge in [-0.05, 0) is 57.1 Å². The Labute approximate surface area is 202 Å². The Bertz CT molecular complexity index is 873. The number of thiazole rings is 1. The first kappa shape index (κ1) is 27.4. The maximum absolute atomic E-state index is 13.1. The van der Waals surface area contributed by atoms with Crippen LogP contribution in [0.2, 0.25) is 0 Å². The average Bonchev–Trinajstić information content (AvgIpc) is 3.16. The van der Waals surface area contributed by atoms with Gasteiger partial charge in [0, 0.05) is 11.3 Å². The van der Waals surface area contributed by atoms with Crippen LogP contribution in [-0.4, -0.2) is 45.1 Å². The first-order valence-corrected chi connectivity index (χ1v) is 12.8. The second-order valence-corrected chi connectivity index (χ2v) is 11.1. The van der Waals surface area contributed by atoms with Crippen LogP contribution in [-0.2, 0) is 9.59 Å². The van der Waals surface area contributed by atoms with Gasteiger partial charge in [-0.1, -0.05) is 39.8 Å². The lowest BCUT2D eigenvalue weighted by molar-refractivity contribution is -0.143. The van der Waals surface area contributed by atoms with Gasteiger partial charge in [-0.15, -0.1) is 11.3 Å². The van der Waals surface area contributed by atoms with Gasteiger partial charge in [-0.3, -0.25) is 9.59 Å². The van der Waals surface area contributed by atoms with Crippen LogP contribution in [0, 0.1) is 24.2 Å². The summed E-state index contributed by atoms with van der Waals surface area (Å²) in [5.41, 5.74) is 0.704. The molecule has 1 aliphatic heterocycles. The summed E-state index contributed by atoms with van der Waals surface area (Å²) in [5, 5.41) is 27.5. The standard InChI is InChI=1S/C26H40N2O4S/c1-16-11-9-7-8-10-12-21(17(2)13-20-15-33-19(4)27-20)28-23(30)14-22(29)26(5,6)25(32)18(3)24(16)31/h8,10,13,15-16,18,21-22,24,29,31H,7,9,11-12,14H2,1-6H3,(H,28,30)/b10-8-,17-13+/t16-,18-,21-,22-,24+/m0/s1. The molecule has 0 saturated carbocycles. The van der Waals surface area contributed by atoms with E-state index in [1.54, 1.807) is 32.1 Å². The predicted octanol–water partition coefficient (Wildman–Crippen LogP) is 4.45. The number of amides is 1. The lowest BCUT2D eigenvalue weighted by atomic mass is 9.73. The van der Waals surface area contributed by atoms with Crippen molar-refractivity contribution in [2.24, 2.45) is 17.3 Å². The fraction of sp³-hybridized carbons (Fsp3) is 0.654. The number of hydrogen-bond donors (Lipinski definition) is 3. The van der Waals surface area contributed by atoms with E-state index < -0.39 is 23.5 Å². The highest BCUT2D eigenvalue weighted by Crippen LogP contribution is 2.31. The molecule has 1 aromatic heterocycles. The van der Waals surface area contributed by atoms with Gasteiger partial charge in [-0.2, -0.15) is 0 Å². The van der Waals surface area contributed by atoms with Crippen molar-refractivity contribution in [2.45, 2.75) is 91.9 Å². The zero-order valence-electron chi connectivity index (χ0n) is 20.8. The van der Waals surface area contributed by atoms with Gasteiger partial charge in [0.15, 0.2) is 0 Å². The van der Waals surface area contributed by atoms with E-state index >= 15 is 0 Å². The number of nitrogens with one attached hydrogen (secondary N) is 1. The molecule has 1 aliphatic rings. The number of carbonyl (C=O) groups excluding carboxylic acids is 2. The van der Waals surface area contributed by atoms with Gasteiger partial charge >= 0.3 is 0 Å². The molecule has 3 N–H and O–H groups in total. The Balaban J connectivity index is 2.27. The molecule has 5 atom stereocenters. The van der Waals surface area contributed by atoms with E-state index in [-0.39, 0.29) is 30.1 Å². The van der Waals surface area contributed by atoms with E-state index in [1.807, 2.05) is 32.2 Å². The average molecular weight is 477 g/mol. The van der Waals surface area contributed by atoms with Gasteiger partial charge < -0.3 is 15.5 Å². The molecule has 184 valence electrons. The van der Waals surface area contributed by atoms with E-state index in [4.69, 9.17) is 0 Å². The molecule has 2 rings (SSSR count). The Morgan fingerprint density at radius 1 is 1.24 bits per heavy atom. The molecule has 0 radical (unpaired) electrons. The lowest BCUT2D eigenvalue weighted by Crippen LogP contribution is -2.47. The monoisotopic (exact) mass is 476 g/mol. The van der Waals surface area contributed by atoms with Crippen LogP contribution < -0.4 is 5.32 Å². The van der Waals surface area contributed by atoms with Crippen molar-refractivity contribution in [1.82, 2.24) is 10.3 Å². The van der Waals surface area contributed by atoms with Gasteiger partial charge in [-0.25, -0.2) is 4.98 Å². The van der Waals surface area contributed by atoms with Crippen LogP contribution in [0.15, 0.2) is 23.1 Å². The summed E-state index contributed by atoms with van der Waals surface area (Å²) < 4.78 is 0. The zero-order chi connectivity index (χ0) is 24.8. The first-order valence-electron chi connectivity index (χ1n) is 11.9. The number of ketones is 1. The number of rotatable bonds is 2. The fourth-order valence-electron chi connectivity index (χ4n) is 4.30. The van der Waals surface area contributed by atoms with Crippen molar-refractivity contribution in [3.8, 4) is 0 Å². The SMILES string of the molecule is C/C(=C\c1csc(C)n1)[C@@H]1C/C=C\CCC[C@H](C)[C@@H](O)[C@H](C)C(=O)C(C)(C)[C@@H](O)CC(=O)N1. The van der Waals surface area contributed by atoms with E-state index in [0.717, 1.165) is 35.5 Å². The summed E-state index contributed by atoms with van der Waals surface area (Å²) in [6.45, 7) is 10.9. The molecule has 2 heterocycles. The largest absolute Gasteiger partial charge is 0.392 e. The Kier molecular flexibility index (Phi) is 10.0. The molecule has 7 heteroatoms. The van der Waals surface area contributed by atoms with Gasteiger partial charge in [0.05, 0.1) is 40.8 Å². The fourth-order valence-corrected chi connectivity index (χ4v) is 4.87. The zero-order valence-corrected chi connectivity index (χ0v) is 21.6. The Morgan fingerprint density at radius 3 is 2.58 bits per heavy atom. The molecule has 0 unspecified atom stereocenters. The summed E-state index contributed by atoms with van der Waals surface area (Å²) in [6, 6.07) is -0.227. The second-order valence-electron chi connectivity index (χ2n) is 10.0. The molecule has 0 spiro atoms. The van der Waals surface area contributed by atoms with Crippen molar-refractivity contribution in [2.75, 3.05) is 0 Å².